The van der Waals surface area contributed by atoms with Crippen LogP contribution in [0.2, 0.25) is 5.02 Å². The van der Waals surface area contributed by atoms with Crippen LogP contribution in [-0.2, 0) is 0 Å². The summed E-state index contributed by atoms with van der Waals surface area (Å²) >= 11 is 5.94. The lowest BCUT2D eigenvalue weighted by atomic mass is 9.96. The molecule has 1 aromatic heterocycles. The Kier molecular flexibility index (Phi) is 4.84. The molecule has 32 heavy (non-hydrogen) atoms. The Hall–Kier alpha value is -4.16. The van der Waals surface area contributed by atoms with Crippen LogP contribution >= 0.6 is 11.6 Å². The molecule has 0 bridgehead atoms. The first-order chi connectivity index (χ1) is 15.5. The van der Waals surface area contributed by atoms with E-state index in [2.05, 4.69) is 4.98 Å². The summed E-state index contributed by atoms with van der Waals surface area (Å²) in [5, 5.41) is 11.4. The molecule has 0 spiro atoms. The second kappa shape index (κ2) is 7.83. The van der Waals surface area contributed by atoms with Crippen LogP contribution in [0, 0.1) is 0 Å². The molecule has 156 valence electrons. The Balaban J connectivity index is 1.74. The number of hydrogen-bond donors (Lipinski definition) is 2. The predicted octanol–water partition coefficient (Wildman–Crippen LogP) is 4.56. The highest BCUT2D eigenvalue weighted by Crippen LogP contribution is 2.38. The maximum absolute atomic E-state index is 12.7. The highest BCUT2D eigenvalue weighted by Gasteiger charge is 2.24. The van der Waals surface area contributed by atoms with Crippen molar-refractivity contribution in [3.63, 3.8) is 0 Å². The van der Waals surface area contributed by atoms with Crippen molar-refractivity contribution < 1.29 is 5.11 Å². The Morgan fingerprint density at radius 2 is 1.59 bits per heavy atom. The van der Waals surface area contributed by atoms with E-state index >= 15 is 0 Å². The number of aromatic nitrogens is 2. The van der Waals surface area contributed by atoms with Crippen LogP contribution in [0.1, 0.15) is 16.7 Å². The zero-order valence-electron chi connectivity index (χ0n) is 16.6. The third kappa shape index (κ3) is 3.36. The zero-order valence-corrected chi connectivity index (χ0v) is 17.4. The largest absolute Gasteiger partial charge is 0.494 e. The first-order valence-electron chi connectivity index (χ1n) is 9.83. The van der Waals surface area contributed by atoms with Crippen molar-refractivity contribution in [2.24, 2.45) is 4.99 Å². The van der Waals surface area contributed by atoms with Gasteiger partial charge in [-0.05, 0) is 36.4 Å². The molecule has 0 saturated heterocycles. The lowest BCUT2D eigenvalue weighted by Gasteiger charge is -2.11. The fraction of sp³-hybridized carbons (Fsp3) is 0. The third-order valence-corrected chi connectivity index (χ3v) is 5.48. The van der Waals surface area contributed by atoms with Gasteiger partial charge in [0.05, 0.1) is 17.1 Å². The second-order valence-electron chi connectivity index (χ2n) is 7.21. The lowest BCUT2D eigenvalue weighted by molar-refractivity contribution is 0.429. The maximum Gasteiger partial charge on any atom is 0.335 e. The number of aromatic amines is 1. The standard InChI is InChI=1S/C25H16ClN3O3/c26-16-10-12-17(13-11-16)29-24(31)20(23(30)28-25(29)32)14-19-18-8-4-5-9-21(18)27-22(19)15-6-2-1-3-7-15/h1-14,31H,(H,28,30,32). The number of benzene rings is 3. The van der Waals surface area contributed by atoms with Gasteiger partial charge in [-0.15, -0.1) is 0 Å². The molecule has 0 fully saturated rings. The molecule has 2 N–H and O–H groups in total. The predicted molar refractivity (Wildman–Crippen MR) is 126 cm³/mol. The van der Waals surface area contributed by atoms with Gasteiger partial charge in [0.15, 0.2) is 0 Å². The monoisotopic (exact) mass is 441 g/mol. The van der Waals surface area contributed by atoms with Crippen LogP contribution in [0.3, 0.4) is 0 Å². The van der Waals surface area contributed by atoms with E-state index in [1.807, 2.05) is 54.6 Å². The minimum Gasteiger partial charge on any atom is -0.494 e. The van der Waals surface area contributed by atoms with E-state index in [1.54, 1.807) is 30.3 Å². The normalized spacial score (nSPS) is 13.8. The summed E-state index contributed by atoms with van der Waals surface area (Å²) in [6, 6.07) is 23.5. The number of H-pyrrole nitrogens is 1. The Bertz CT molecular complexity index is 1520. The third-order valence-electron chi connectivity index (χ3n) is 5.22. The average Bonchev–Trinajstić information content (AvgIpc) is 3.17. The molecule has 7 heteroatoms. The van der Waals surface area contributed by atoms with Gasteiger partial charge >= 0.3 is 5.69 Å². The molecule has 1 aliphatic rings. The van der Waals surface area contributed by atoms with E-state index in [-0.39, 0.29) is 5.56 Å². The van der Waals surface area contributed by atoms with Crippen LogP contribution in [-0.4, -0.2) is 20.4 Å². The lowest BCUT2D eigenvalue weighted by Crippen LogP contribution is -2.30. The number of hydrogen-bond acceptors (Lipinski definition) is 4. The molecule has 0 amide bonds. The molecule has 3 aromatic carbocycles. The van der Waals surface area contributed by atoms with Crippen molar-refractivity contribution in [1.82, 2.24) is 9.55 Å². The van der Waals surface area contributed by atoms with E-state index in [1.165, 1.54) is 0 Å². The SMILES string of the molecule is O=c1[nH]c(=O)n(-c2ccc(Cl)cc2)c(O)c1C=C1C(c2ccccc2)=Nc2ccccc21. The molecule has 6 nitrogen and oxygen atoms in total. The number of allylic oxidation sites excluding steroid dienone is 1. The Morgan fingerprint density at radius 1 is 0.906 bits per heavy atom. The number of halogens is 1. The molecule has 0 atom stereocenters. The van der Waals surface area contributed by atoms with Crippen LogP contribution in [0.15, 0.2) is 93.4 Å². The molecule has 0 radical (unpaired) electrons. The summed E-state index contributed by atoms with van der Waals surface area (Å²) in [6.45, 7) is 0. The molecule has 0 unspecified atom stereocenters. The van der Waals surface area contributed by atoms with Crippen LogP contribution in [0.5, 0.6) is 5.88 Å². The molecule has 1 aliphatic heterocycles. The van der Waals surface area contributed by atoms with Crippen LogP contribution in [0.25, 0.3) is 17.3 Å². The average molecular weight is 442 g/mol. The van der Waals surface area contributed by atoms with Gasteiger partial charge in [0.25, 0.3) is 5.56 Å². The van der Waals surface area contributed by atoms with Crippen molar-refractivity contribution in [2.45, 2.75) is 0 Å². The minimum atomic E-state index is -0.749. The molecule has 5 rings (SSSR count). The molecule has 0 aliphatic carbocycles. The molecule has 0 saturated carbocycles. The van der Waals surface area contributed by atoms with Gasteiger partial charge in [0, 0.05) is 21.7 Å². The smallest absolute Gasteiger partial charge is 0.335 e. The summed E-state index contributed by atoms with van der Waals surface area (Å²) in [5.41, 5.74) is 2.70. The topological polar surface area (TPSA) is 87.5 Å². The van der Waals surface area contributed by atoms with E-state index in [0.717, 1.165) is 21.4 Å². The molecule has 4 aromatic rings. The van der Waals surface area contributed by atoms with Crippen molar-refractivity contribution in [3.05, 3.63) is 121 Å². The Labute approximate surface area is 187 Å². The zero-order chi connectivity index (χ0) is 22.2. The van der Waals surface area contributed by atoms with E-state index in [4.69, 9.17) is 16.6 Å². The summed E-state index contributed by atoms with van der Waals surface area (Å²) in [7, 11) is 0. The van der Waals surface area contributed by atoms with E-state index in [0.29, 0.717) is 22.0 Å². The number of fused-ring (bicyclic) bond motifs is 1. The van der Waals surface area contributed by atoms with Crippen molar-refractivity contribution in [2.75, 3.05) is 0 Å². The number of aromatic hydroxyl groups is 1. The highest BCUT2D eigenvalue weighted by atomic mass is 35.5. The summed E-state index contributed by atoms with van der Waals surface area (Å²) < 4.78 is 1.03. The number of nitrogens with zero attached hydrogens (tertiary/aromatic N) is 2. The Morgan fingerprint density at radius 3 is 2.34 bits per heavy atom. The summed E-state index contributed by atoms with van der Waals surface area (Å²) in [6.07, 6.45) is 1.57. The highest BCUT2D eigenvalue weighted by molar-refractivity contribution is 6.39. The van der Waals surface area contributed by atoms with Gasteiger partial charge in [-0.1, -0.05) is 60.1 Å². The van der Waals surface area contributed by atoms with Crippen molar-refractivity contribution >= 4 is 34.6 Å². The summed E-state index contributed by atoms with van der Waals surface area (Å²) in [5.74, 6) is -0.467. The van der Waals surface area contributed by atoms with Crippen molar-refractivity contribution in [3.8, 4) is 11.6 Å². The first-order valence-corrected chi connectivity index (χ1v) is 10.2. The van der Waals surface area contributed by atoms with Gasteiger partial charge in [-0.3, -0.25) is 9.78 Å². The fourth-order valence-corrected chi connectivity index (χ4v) is 3.84. The number of aliphatic imine (C=N–C) groups is 1. The molecular formula is C25H16ClN3O3. The first kappa shape index (κ1) is 19.8. The minimum absolute atomic E-state index is 0.0464. The van der Waals surface area contributed by atoms with Crippen molar-refractivity contribution in [1.29, 1.82) is 0 Å². The van der Waals surface area contributed by atoms with Gasteiger partial charge in [0.1, 0.15) is 5.56 Å². The molecular weight excluding hydrogens is 426 g/mol. The number of para-hydroxylation sites is 1. The van der Waals surface area contributed by atoms with Gasteiger partial charge < -0.3 is 5.11 Å². The number of rotatable bonds is 3. The van der Waals surface area contributed by atoms with Crippen LogP contribution < -0.4 is 11.2 Å². The van der Waals surface area contributed by atoms with Crippen LogP contribution in [0.4, 0.5) is 5.69 Å². The molecule has 2 heterocycles. The quantitative estimate of drug-likeness (QED) is 0.488. The van der Waals surface area contributed by atoms with Gasteiger partial charge in [-0.2, -0.15) is 0 Å². The van der Waals surface area contributed by atoms with Gasteiger partial charge in [-0.25, -0.2) is 14.4 Å². The van der Waals surface area contributed by atoms with E-state index in [9.17, 15) is 14.7 Å². The number of nitrogens with one attached hydrogen (secondary N) is 1. The fourth-order valence-electron chi connectivity index (χ4n) is 3.71. The van der Waals surface area contributed by atoms with E-state index < -0.39 is 17.1 Å². The summed E-state index contributed by atoms with van der Waals surface area (Å²) in [4.78, 5) is 32.2. The second-order valence-corrected chi connectivity index (χ2v) is 7.65. The maximum atomic E-state index is 12.7. The van der Waals surface area contributed by atoms with Gasteiger partial charge in [0.2, 0.25) is 5.88 Å².